The molecule has 16 heavy (non-hydrogen) atoms. The van der Waals surface area contributed by atoms with E-state index in [-0.39, 0.29) is 0 Å². The van der Waals surface area contributed by atoms with Crippen LogP contribution in [0.3, 0.4) is 0 Å². The largest absolute Gasteiger partial charge is 0.397 e. The van der Waals surface area contributed by atoms with Crippen LogP contribution in [0.4, 0.5) is 11.4 Å². The van der Waals surface area contributed by atoms with E-state index in [1.807, 2.05) is 18.2 Å². The van der Waals surface area contributed by atoms with Crippen LogP contribution in [0.1, 0.15) is 12.8 Å². The second kappa shape index (κ2) is 4.93. The van der Waals surface area contributed by atoms with Gasteiger partial charge in [-0.3, -0.25) is 0 Å². The Labute approximate surface area is 101 Å². The van der Waals surface area contributed by atoms with Crippen LogP contribution in [0, 0.1) is 5.92 Å². The Balaban J connectivity index is 2.08. The Morgan fingerprint density at radius 1 is 1.31 bits per heavy atom. The number of benzene rings is 1. The Morgan fingerprint density at radius 3 is 2.56 bits per heavy atom. The van der Waals surface area contributed by atoms with E-state index in [1.54, 1.807) is 0 Å². The van der Waals surface area contributed by atoms with Crippen LogP contribution < -0.4 is 16.4 Å². The molecular weight excluding hydrogens is 222 g/mol. The van der Waals surface area contributed by atoms with Gasteiger partial charge in [-0.05, 0) is 43.5 Å². The lowest BCUT2D eigenvalue weighted by atomic mass is 9.96. The second-order valence-corrected chi connectivity index (χ2v) is 4.81. The minimum atomic E-state index is 0.671. The first-order valence-corrected chi connectivity index (χ1v) is 6.08. The fraction of sp³-hybridized carbons (Fsp3) is 0.500. The summed E-state index contributed by atoms with van der Waals surface area (Å²) in [6.07, 6.45) is 2.30. The third-order valence-corrected chi connectivity index (χ3v) is 3.51. The number of nitrogens with zero attached hydrogens (tertiary/aromatic N) is 1. The predicted molar refractivity (Wildman–Crippen MR) is 69.9 cm³/mol. The fourth-order valence-corrected chi connectivity index (χ4v) is 2.40. The highest BCUT2D eigenvalue weighted by molar-refractivity contribution is 6.31. The molecule has 1 fully saturated rings. The summed E-state index contributed by atoms with van der Waals surface area (Å²) < 4.78 is 0. The van der Waals surface area contributed by atoms with Crippen molar-refractivity contribution >= 4 is 23.0 Å². The van der Waals surface area contributed by atoms with Crippen molar-refractivity contribution in [2.24, 2.45) is 11.7 Å². The van der Waals surface area contributed by atoms with Gasteiger partial charge >= 0.3 is 0 Å². The molecule has 1 aliphatic heterocycles. The van der Waals surface area contributed by atoms with Gasteiger partial charge in [0.05, 0.1) is 11.4 Å². The highest BCUT2D eigenvalue weighted by Crippen LogP contribution is 2.29. The van der Waals surface area contributed by atoms with Crippen LogP contribution in [0.25, 0.3) is 0 Å². The Morgan fingerprint density at radius 2 is 2.00 bits per heavy atom. The third kappa shape index (κ3) is 2.42. The minimum Gasteiger partial charge on any atom is -0.397 e. The van der Waals surface area contributed by atoms with E-state index in [9.17, 15) is 0 Å². The van der Waals surface area contributed by atoms with Crippen LogP contribution in [0.2, 0.25) is 5.02 Å². The summed E-state index contributed by atoms with van der Waals surface area (Å²) in [7, 11) is 0. The van der Waals surface area contributed by atoms with Gasteiger partial charge in [0, 0.05) is 18.1 Å². The Hall–Kier alpha value is -0.930. The summed E-state index contributed by atoms with van der Waals surface area (Å²) in [5.74, 6) is 0.671. The van der Waals surface area contributed by atoms with E-state index in [0.717, 1.165) is 43.9 Å². The van der Waals surface area contributed by atoms with E-state index in [4.69, 9.17) is 23.1 Å². The Kier molecular flexibility index (Phi) is 3.56. The molecule has 0 aromatic heterocycles. The monoisotopic (exact) mass is 239 g/mol. The van der Waals surface area contributed by atoms with Crippen molar-refractivity contribution in [3.63, 3.8) is 0 Å². The average Bonchev–Trinajstić information content (AvgIpc) is 2.29. The molecule has 0 atom stereocenters. The molecule has 88 valence electrons. The van der Waals surface area contributed by atoms with E-state index < -0.39 is 0 Å². The third-order valence-electron chi connectivity index (χ3n) is 3.28. The molecule has 0 amide bonds. The second-order valence-electron chi connectivity index (χ2n) is 4.37. The van der Waals surface area contributed by atoms with Crippen LogP contribution >= 0.6 is 11.6 Å². The summed E-state index contributed by atoms with van der Waals surface area (Å²) in [5, 5.41) is 0.693. The van der Waals surface area contributed by atoms with Gasteiger partial charge in [0.1, 0.15) is 0 Å². The quantitative estimate of drug-likeness (QED) is 0.778. The lowest BCUT2D eigenvalue weighted by Crippen LogP contribution is -2.36. The summed E-state index contributed by atoms with van der Waals surface area (Å²) >= 11 is 5.89. The lowest BCUT2D eigenvalue weighted by Gasteiger charge is -2.33. The number of hydrogen-bond donors (Lipinski definition) is 2. The molecule has 1 aromatic carbocycles. The van der Waals surface area contributed by atoms with Gasteiger partial charge in [-0.25, -0.2) is 0 Å². The van der Waals surface area contributed by atoms with E-state index >= 15 is 0 Å². The molecular formula is C12H18ClN3. The first-order chi connectivity index (χ1) is 7.70. The molecule has 0 saturated carbocycles. The normalized spacial score (nSPS) is 17.8. The van der Waals surface area contributed by atoms with Gasteiger partial charge < -0.3 is 16.4 Å². The number of hydrogen-bond acceptors (Lipinski definition) is 3. The molecule has 4 N–H and O–H groups in total. The number of piperidine rings is 1. The average molecular weight is 240 g/mol. The zero-order valence-electron chi connectivity index (χ0n) is 9.32. The van der Waals surface area contributed by atoms with Gasteiger partial charge in [0.2, 0.25) is 0 Å². The maximum atomic E-state index is 5.97. The number of rotatable bonds is 2. The predicted octanol–water partition coefficient (Wildman–Crippen LogP) is 2.10. The smallest absolute Gasteiger partial charge is 0.0600 e. The van der Waals surface area contributed by atoms with Gasteiger partial charge in [-0.1, -0.05) is 11.6 Å². The molecule has 0 spiro atoms. The zero-order valence-corrected chi connectivity index (χ0v) is 10.1. The molecule has 1 aliphatic rings. The van der Waals surface area contributed by atoms with Gasteiger partial charge in [-0.15, -0.1) is 0 Å². The first kappa shape index (κ1) is 11.6. The van der Waals surface area contributed by atoms with Gasteiger partial charge in [0.25, 0.3) is 0 Å². The summed E-state index contributed by atoms with van der Waals surface area (Å²) in [4.78, 5) is 2.32. The van der Waals surface area contributed by atoms with E-state index in [1.165, 1.54) is 0 Å². The SMILES string of the molecule is NCC1CCN(c2ccc(Cl)cc2N)CC1. The van der Waals surface area contributed by atoms with Gasteiger partial charge in [-0.2, -0.15) is 0 Å². The molecule has 0 bridgehead atoms. The number of nitrogen functional groups attached to an aromatic ring is 1. The topological polar surface area (TPSA) is 55.3 Å². The fourth-order valence-electron chi connectivity index (χ4n) is 2.22. The van der Waals surface area contributed by atoms with E-state index in [0.29, 0.717) is 10.9 Å². The maximum absolute atomic E-state index is 5.97. The van der Waals surface area contributed by atoms with Crippen molar-refractivity contribution in [2.45, 2.75) is 12.8 Å². The van der Waals surface area contributed by atoms with Crippen molar-refractivity contribution in [3.8, 4) is 0 Å². The summed E-state index contributed by atoms with van der Waals surface area (Å²) in [6.45, 7) is 2.87. The zero-order chi connectivity index (χ0) is 11.5. The number of halogens is 1. The Bertz CT molecular complexity index is 359. The molecule has 0 unspecified atom stereocenters. The van der Waals surface area contributed by atoms with E-state index in [2.05, 4.69) is 4.90 Å². The number of anilines is 2. The molecule has 1 heterocycles. The lowest BCUT2D eigenvalue weighted by molar-refractivity contribution is 0.415. The molecule has 3 nitrogen and oxygen atoms in total. The van der Waals surface area contributed by atoms with Crippen molar-refractivity contribution in [1.29, 1.82) is 0 Å². The molecule has 4 heteroatoms. The van der Waals surface area contributed by atoms with Crippen LogP contribution in [-0.4, -0.2) is 19.6 Å². The molecule has 1 aromatic rings. The maximum Gasteiger partial charge on any atom is 0.0600 e. The van der Waals surface area contributed by atoms with Crippen LogP contribution in [0.15, 0.2) is 18.2 Å². The molecule has 0 radical (unpaired) electrons. The minimum absolute atomic E-state index is 0.671. The molecule has 2 rings (SSSR count). The van der Waals surface area contributed by atoms with Crippen molar-refractivity contribution < 1.29 is 0 Å². The highest BCUT2D eigenvalue weighted by Gasteiger charge is 2.19. The summed E-state index contributed by atoms with van der Waals surface area (Å²) in [5.41, 5.74) is 13.5. The van der Waals surface area contributed by atoms with Crippen LogP contribution in [0.5, 0.6) is 0 Å². The van der Waals surface area contributed by atoms with Crippen molar-refractivity contribution in [1.82, 2.24) is 0 Å². The van der Waals surface area contributed by atoms with Crippen molar-refractivity contribution in [3.05, 3.63) is 23.2 Å². The number of nitrogens with two attached hydrogens (primary N) is 2. The van der Waals surface area contributed by atoms with Crippen molar-refractivity contribution in [2.75, 3.05) is 30.3 Å². The first-order valence-electron chi connectivity index (χ1n) is 5.70. The molecule has 0 aliphatic carbocycles. The highest BCUT2D eigenvalue weighted by atomic mass is 35.5. The van der Waals surface area contributed by atoms with Gasteiger partial charge in [0.15, 0.2) is 0 Å². The standard InChI is InChI=1S/C12H18ClN3/c13-10-1-2-12(11(15)7-10)16-5-3-9(8-14)4-6-16/h1-2,7,9H,3-6,8,14-15H2. The van der Waals surface area contributed by atoms with Crippen LogP contribution in [-0.2, 0) is 0 Å². The molecule has 1 saturated heterocycles. The summed E-state index contributed by atoms with van der Waals surface area (Å²) in [6, 6.07) is 5.70.